The Hall–Kier alpha value is -0.160. The van der Waals surface area contributed by atoms with Gasteiger partial charge in [0.2, 0.25) is 0 Å². The van der Waals surface area contributed by atoms with Crippen molar-refractivity contribution < 1.29 is 0 Å². The van der Waals surface area contributed by atoms with Crippen molar-refractivity contribution in [3.63, 3.8) is 0 Å². The van der Waals surface area contributed by atoms with Gasteiger partial charge < -0.3 is 0 Å². The van der Waals surface area contributed by atoms with Crippen LogP contribution in [0.25, 0.3) is 0 Å². The summed E-state index contributed by atoms with van der Waals surface area (Å²) in [5, 5.41) is 9.20. The molecular formula is C9H15NS. The van der Waals surface area contributed by atoms with Crippen LogP contribution in [0, 0.1) is 11.3 Å². The average molecular weight is 169 g/mol. The van der Waals surface area contributed by atoms with Crippen molar-refractivity contribution in [3.05, 3.63) is 0 Å². The lowest BCUT2D eigenvalue weighted by molar-refractivity contribution is 0.516. The van der Waals surface area contributed by atoms with Crippen LogP contribution in [0.5, 0.6) is 0 Å². The van der Waals surface area contributed by atoms with Gasteiger partial charge in [-0.25, -0.2) is 0 Å². The highest BCUT2D eigenvalue weighted by Gasteiger charge is 2.12. The molecule has 0 saturated heterocycles. The molecular weight excluding hydrogens is 154 g/mol. The van der Waals surface area contributed by atoms with Crippen LogP contribution in [0.4, 0.5) is 0 Å². The van der Waals surface area contributed by atoms with Gasteiger partial charge in [-0.1, -0.05) is 19.3 Å². The first-order valence-electron chi connectivity index (χ1n) is 4.42. The van der Waals surface area contributed by atoms with Gasteiger partial charge in [0.1, 0.15) is 0 Å². The van der Waals surface area contributed by atoms with Gasteiger partial charge in [-0.2, -0.15) is 17.0 Å². The van der Waals surface area contributed by atoms with Crippen LogP contribution in [-0.2, 0) is 0 Å². The van der Waals surface area contributed by atoms with E-state index in [1.165, 1.54) is 32.1 Å². The number of hydrogen-bond donors (Lipinski definition) is 0. The van der Waals surface area contributed by atoms with E-state index < -0.39 is 0 Å². The molecule has 2 heteroatoms. The van der Waals surface area contributed by atoms with Gasteiger partial charge in [0.15, 0.2) is 0 Å². The molecule has 0 unspecified atom stereocenters. The van der Waals surface area contributed by atoms with Crippen molar-refractivity contribution in [1.29, 1.82) is 5.26 Å². The van der Waals surface area contributed by atoms with Crippen molar-refractivity contribution in [2.24, 2.45) is 0 Å². The summed E-state index contributed by atoms with van der Waals surface area (Å²) in [6, 6.07) is 2.19. The molecule has 0 heterocycles. The molecule has 0 aromatic rings. The minimum atomic E-state index is 0.723. The zero-order chi connectivity index (χ0) is 7.94. The van der Waals surface area contributed by atoms with Gasteiger partial charge in [-0.3, -0.25) is 0 Å². The third-order valence-corrected chi connectivity index (χ3v) is 3.50. The molecule has 0 atom stereocenters. The zero-order valence-electron chi connectivity index (χ0n) is 6.88. The lowest BCUT2D eigenvalue weighted by Gasteiger charge is -2.20. The Labute approximate surface area is 73.2 Å². The Bertz CT molecular complexity index is 133. The SMILES string of the molecule is N#CCCSC1CCCCC1. The molecule has 0 N–H and O–H groups in total. The van der Waals surface area contributed by atoms with Gasteiger partial charge in [0.25, 0.3) is 0 Å². The summed E-state index contributed by atoms with van der Waals surface area (Å²) < 4.78 is 0. The van der Waals surface area contributed by atoms with Crippen LogP contribution in [0.15, 0.2) is 0 Å². The second kappa shape index (κ2) is 5.49. The Morgan fingerprint density at radius 3 is 2.64 bits per heavy atom. The van der Waals surface area contributed by atoms with E-state index in [1.807, 2.05) is 11.8 Å². The summed E-state index contributed by atoms with van der Waals surface area (Å²) in [6.07, 6.45) is 7.73. The molecule has 0 spiro atoms. The predicted octanol–water partition coefficient (Wildman–Crippen LogP) is 2.97. The van der Waals surface area contributed by atoms with Gasteiger partial charge in [-0.05, 0) is 12.8 Å². The largest absolute Gasteiger partial charge is 0.198 e. The molecule has 62 valence electrons. The molecule has 0 aromatic heterocycles. The van der Waals surface area contributed by atoms with Crippen molar-refractivity contribution in [2.75, 3.05) is 5.75 Å². The summed E-state index contributed by atoms with van der Waals surface area (Å²) in [7, 11) is 0. The quantitative estimate of drug-likeness (QED) is 0.606. The lowest BCUT2D eigenvalue weighted by Crippen LogP contribution is -2.08. The van der Waals surface area contributed by atoms with Crippen molar-refractivity contribution in [1.82, 2.24) is 0 Å². The summed E-state index contributed by atoms with van der Waals surface area (Å²) in [5.41, 5.74) is 0. The first kappa shape index (κ1) is 8.93. The Balaban J connectivity index is 2.01. The summed E-state index contributed by atoms with van der Waals surface area (Å²) in [4.78, 5) is 0. The maximum absolute atomic E-state index is 8.33. The van der Waals surface area contributed by atoms with Crippen LogP contribution in [-0.4, -0.2) is 11.0 Å². The average Bonchev–Trinajstić information content (AvgIpc) is 2.07. The van der Waals surface area contributed by atoms with Gasteiger partial charge in [0, 0.05) is 17.4 Å². The molecule has 1 aliphatic rings. The first-order valence-corrected chi connectivity index (χ1v) is 5.47. The molecule has 0 amide bonds. The third kappa shape index (κ3) is 3.67. The minimum Gasteiger partial charge on any atom is -0.198 e. The van der Waals surface area contributed by atoms with Crippen LogP contribution in [0.2, 0.25) is 0 Å². The summed E-state index contributed by atoms with van der Waals surface area (Å²) in [6.45, 7) is 0. The van der Waals surface area contributed by atoms with E-state index in [0.29, 0.717) is 0 Å². The predicted molar refractivity (Wildman–Crippen MR) is 49.6 cm³/mol. The van der Waals surface area contributed by atoms with E-state index in [2.05, 4.69) is 6.07 Å². The number of nitriles is 1. The standard InChI is InChI=1S/C9H15NS/c10-7-4-8-11-9-5-2-1-3-6-9/h9H,1-6,8H2. The first-order chi connectivity index (χ1) is 5.43. The van der Waals surface area contributed by atoms with Crippen LogP contribution < -0.4 is 0 Å². The molecule has 1 fully saturated rings. The molecule has 1 aliphatic carbocycles. The van der Waals surface area contributed by atoms with Gasteiger partial charge in [0.05, 0.1) is 6.07 Å². The third-order valence-electron chi connectivity index (χ3n) is 2.12. The minimum absolute atomic E-state index is 0.723. The van der Waals surface area contributed by atoms with E-state index >= 15 is 0 Å². The Kier molecular flexibility index (Phi) is 4.45. The molecule has 1 saturated carbocycles. The van der Waals surface area contributed by atoms with Crippen LogP contribution >= 0.6 is 11.8 Å². The number of hydrogen-bond acceptors (Lipinski definition) is 2. The maximum atomic E-state index is 8.33. The molecule has 11 heavy (non-hydrogen) atoms. The highest BCUT2D eigenvalue weighted by Crippen LogP contribution is 2.28. The number of thioether (sulfide) groups is 1. The van der Waals surface area contributed by atoms with E-state index in [9.17, 15) is 0 Å². The molecule has 0 aromatic carbocycles. The number of rotatable bonds is 3. The topological polar surface area (TPSA) is 23.8 Å². The van der Waals surface area contributed by atoms with Gasteiger partial charge in [-0.15, -0.1) is 0 Å². The molecule has 1 rings (SSSR count). The fraction of sp³-hybridized carbons (Fsp3) is 0.889. The monoisotopic (exact) mass is 169 g/mol. The highest BCUT2D eigenvalue weighted by atomic mass is 32.2. The smallest absolute Gasteiger partial charge is 0.0630 e. The lowest BCUT2D eigenvalue weighted by atomic mass is 10.0. The second-order valence-electron chi connectivity index (χ2n) is 3.04. The Morgan fingerprint density at radius 2 is 2.00 bits per heavy atom. The molecule has 0 aliphatic heterocycles. The summed E-state index contributed by atoms with van der Waals surface area (Å²) >= 11 is 2.00. The Morgan fingerprint density at radius 1 is 1.27 bits per heavy atom. The molecule has 0 bridgehead atoms. The van der Waals surface area contributed by atoms with E-state index in [4.69, 9.17) is 5.26 Å². The van der Waals surface area contributed by atoms with Crippen molar-refractivity contribution in [3.8, 4) is 6.07 Å². The highest BCUT2D eigenvalue weighted by molar-refractivity contribution is 7.99. The molecule has 1 nitrogen and oxygen atoms in total. The van der Waals surface area contributed by atoms with Gasteiger partial charge >= 0.3 is 0 Å². The van der Waals surface area contributed by atoms with E-state index in [1.54, 1.807) is 0 Å². The summed E-state index contributed by atoms with van der Waals surface area (Å²) in [5.74, 6) is 1.04. The van der Waals surface area contributed by atoms with Crippen molar-refractivity contribution >= 4 is 11.8 Å². The normalized spacial score (nSPS) is 19.5. The fourth-order valence-corrected chi connectivity index (χ4v) is 2.71. The maximum Gasteiger partial charge on any atom is 0.0630 e. The van der Waals surface area contributed by atoms with Crippen LogP contribution in [0.3, 0.4) is 0 Å². The van der Waals surface area contributed by atoms with Crippen LogP contribution in [0.1, 0.15) is 38.5 Å². The molecule has 0 radical (unpaired) electrons. The fourth-order valence-electron chi connectivity index (χ4n) is 1.50. The second-order valence-corrected chi connectivity index (χ2v) is 4.45. The van der Waals surface area contributed by atoms with Crippen molar-refractivity contribution in [2.45, 2.75) is 43.8 Å². The van der Waals surface area contributed by atoms with E-state index in [-0.39, 0.29) is 0 Å². The van der Waals surface area contributed by atoms with E-state index in [0.717, 1.165) is 17.4 Å². The zero-order valence-corrected chi connectivity index (χ0v) is 7.70. The number of nitrogens with zero attached hydrogens (tertiary/aromatic N) is 1.